The fourth-order valence-corrected chi connectivity index (χ4v) is 3.50. The van der Waals surface area contributed by atoms with E-state index in [-0.39, 0.29) is 26.0 Å². The standard InChI is InChI=1S/C12H14Cl2N2O3S/c1-12(3-2-4-12)16-11(17)7-5-10(20(15,18)19)9(14)6-8(7)13/h5-6H,2-4H2,1H3,(H,16,17)(H2,15,18,19). The third-order valence-corrected chi connectivity index (χ3v) is 5.13. The van der Waals surface area contributed by atoms with Gasteiger partial charge in [0.2, 0.25) is 10.0 Å². The zero-order valence-corrected chi connectivity index (χ0v) is 13.1. The molecule has 0 saturated heterocycles. The Morgan fingerprint density at radius 1 is 1.30 bits per heavy atom. The number of halogens is 2. The molecule has 1 aromatic rings. The molecule has 8 heteroatoms. The van der Waals surface area contributed by atoms with Gasteiger partial charge in [-0.1, -0.05) is 23.2 Å². The number of amides is 1. The quantitative estimate of drug-likeness (QED) is 0.887. The molecule has 1 saturated carbocycles. The summed E-state index contributed by atoms with van der Waals surface area (Å²) < 4.78 is 22.8. The first-order chi connectivity index (χ1) is 9.12. The zero-order valence-electron chi connectivity index (χ0n) is 10.7. The van der Waals surface area contributed by atoms with Crippen LogP contribution in [-0.2, 0) is 10.0 Å². The van der Waals surface area contributed by atoms with Crippen molar-refractivity contribution in [1.82, 2.24) is 5.32 Å². The second-order valence-electron chi connectivity index (χ2n) is 5.18. The van der Waals surface area contributed by atoms with E-state index in [2.05, 4.69) is 5.32 Å². The molecule has 0 heterocycles. The summed E-state index contributed by atoms with van der Waals surface area (Å²) >= 11 is 11.7. The van der Waals surface area contributed by atoms with Gasteiger partial charge in [0.05, 0.1) is 15.6 Å². The van der Waals surface area contributed by atoms with Gasteiger partial charge in [-0.25, -0.2) is 13.6 Å². The van der Waals surface area contributed by atoms with E-state index in [1.807, 2.05) is 6.92 Å². The molecule has 0 atom stereocenters. The summed E-state index contributed by atoms with van der Waals surface area (Å²) in [5.41, 5.74) is -0.213. The smallest absolute Gasteiger partial charge is 0.253 e. The molecular formula is C12H14Cl2N2O3S. The van der Waals surface area contributed by atoms with Gasteiger partial charge in [-0.2, -0.15) is 0 Å². The number of carbonyl (C=O) groups excluding carboxylic acids is 1. The van der Waals surface area contributed by atoms with E-state index in [1.165, 1.54) is 6.07 Å². The number of benzene rings is 1. The van der Waals surface area contributed by atoms with E-state index in [1.54, 1.807) is 0 Å². The summed E-state index contributed by atoms with van der Waals surface area (Å²) in [5, 5.41) is 7.88. The molecule has 0 radical (unpaired) electrons. The summed E-state index contributed by atoms with van der Waals surface area (Å²) in [6.45, 7) is 1.93. The van der Waals surface area contributed by atoms with Crippen LogP contribution in [0.25, 0.3) is 0 Å². The molecule has 5 nitrogen and oxygen atoms in total. The number of carbonyl (C=O) groups is 1. The van der Waals surface area contributed by atoms with Crippen molar-refractivity contribution in [3.63, 3.8) is 0 Å². The second kappa shape index (κ2) is 5.18. The Morgan fingerprint density at radius 3 is 2.35 bits per heavy atom. The molecule has 110 valence electrons. The highest BCUT2D eigenvalue weighted by Crippen LogP contribution is 2.33. The Bertz CT molecular complexity index is 670. The van der Waals surface area contributed by atoms with Gasteiger partial charge in [-0.3, -0.25) is 4.79 Å². The maximum atomic E-state index is 12.2. The normalized spacial score (nSPS) is 17.4. The average Bonchev–Trinajstić information content (AvgIpc) is 2.24. The Morgan fingerprint density at radius 2 is 1.90 bits per heavy atom. The van der Waals surface area contributed by atoms with Crippen LogP contribution >= 0.6 is 23.2 Å². The van der Waals surface area contributed by atoms with Gasteiger partial charge >= 0.3 is 0 Å². The van der Waals surface area contributed by atoms with Crippen molar-refractivity contribution >= 4 is 39.1 Å². The molecule has 1 fully saturated rings. The van der Waals surface area contributed by atoms with Crippen LogP contribution < -0.4 is 10.5 Å². The molecule has 1 aliphatic carbocycles. The monoisotopic (exact) mass is 336 g/mol. The molecular weight excluding hydrogens is 323 g/mol. The lowest BCUT2D eigenvalue weighted by Gasteiger charge is -2.39. The number of hydrogen-bond acceptors (Lipinski definition) is 3. The highest BCUT2D eigenvalue weighted by molar-refractivity contribution is 7.89. The Labute approximate surface area is 127 Å². The molecule has 1 aliphatic rings. The van der Waals surface area contributed by atoms with Crippen LogP contribution in [0.5, 0.6) is 0 Å². The zero-order chi connectivity index (χ0) is 15.1. The minimum Gasteiger partial charge on any atom is -0.347 e. The number of hydrogen-bond donors (Lipinski definition) is 2. The van der Waals surface area contributed by atoms with E-state index in [0.717, 1.165) is 25.3 Å². The van der Waals surface area contributed by atoms with Crippen molar-refractivity contribution in [3.05, 3.63) is 27.7 Å². The van der Waals surface area contributed by atoms with Gasteiger partial charge in [0.25, 0.3) is 5.91 Å². The lowest BCUT2D eigenvalue weighted by molar-refractivity contribution is 0.0850. The maximum absolute atomic E-state index is 12.2. The van der Waals surface area contributed by atoms with Gasteiger partial charge in [0, 0.05) is 5.54 Å². The lowest BCUT2D eigenvalue weighted by Crippen LogP contribution is -2.51. The van der Waals surface area contributed by atoms with Crippen molar-refractivity contribution in [2.75, 3.05) is 0 Å². The van der Waals surface area contributed by atoms with Crippen molar-refractivity contribution < 1.29 is 13.2 Å². The summed E-state index contributed by atoms with van der Waals surface area (Å²) in [4.78, 5) is 11.9. The number of rotatable bonds is 3. The predicted molar refractivity (Wildman–Crippen MR) is 77.6 cm³/mol. The fraction of sp³-hybridized carbons (Fsp3) is 0.417. The number of nitrogens with two attached hydrogens (primary N) is 1. The van der Waals surface area contributed by atoms with Gasteiger partial charge in [-0.05, 0) is 38.3 Å². The van der Waals surface area contributed by atoms with Crippen LogP contribution in [0.2, 0.25) is 10.0 Å². The topological polar surface area (TPSA) is 89.3 Å². The fourth-order valence-electron chi connectivity index (χ4n) is 2.09. The van der Waals surface area contributed by atoms with Gasteiger partial charge in [0.15, 0.2) is 0 Å². The first kappa shape index (κ1) is 15.6. The maximum Gasteiger partial charge on any atom is 0.253 e. The van der Waals surface area contributed by atoms with Crippen LogP contribution in [0.1, 0.15) is 36.5 Å². The molecule has 1 aromatic carbocycles. The van der Waals surface area contributed by atoms with Gasteiger partial charge < -0.3 is 5.32 Å². The molecule has 2 rings (SSSR count). The summed E-state index contributed by atoms with van der Waals surface area (Å²) in [5.74, 6) is -0.432. The molecule has 3 N–H and O–H groups in total. The van der Waals surface area contributed by atoms with Crippen molar-refractivity contribution in [2.24, 2.45) is 5.14 Å². The Kier molecular flexibility index (Phi) is 4.03. The molecule has 0 aliphatic heterocycles. The molecule has 0 bridgehead atoms. The van der Waals surface area contributed by atoms with E-state index >= 15 is 0 Å². The van der Waals surface area contributed by atoms with Gasteiger partial charge in [0.1, 0.15) is 4.90 Å². The van der Waals surface area contributed by atoms with E-state index in [4.69, 9.17) is 28.3 Å². The third-order valence-electron chi connectivity index (χ3n) is 3.45. The summed E-state index contributed by atoms with van der Waals surface area (Å²) in [7, 11) is -4.01. The van der Waals surface area contributed by atoms with Crippen molar-refractivity contribution in [3.8, 4) is 0 Å². The molecule has 0 aromatic heterocycles. The average molecular weight is 337 g/mol. The van der Waals surface area contributed by atoms with Gasteiger partial charge in [-0.15, -0.1) is 0 Å². The summed E-state index contributed by atoms with van der Waals surface area (Å²) in [6.07, 6.45) is 2.81. The number of primary sulfonamides is 1. The third kappa shape index (κ3) is 3.09. The lowest BCUT2D eigenvalue weighted by atomic mass is 9.78. The van der Waals surface area contributed by atoms with Crippen LogP contribution in [0.3, 0.4) is 0 Å². The van der Waals surface area contributed by atoms with Crippen LogP contribution in [0.15, 0.2) is 17.0 Å². The van der Waals surface area contributed by atoms with E-state index in [9.17, 15) is 13.2 Å². The largest absolute Gasteiger partial charge is 0.347 e. The highest BCUT2D eigenvalue weighted by atomic mass is 35.5. The second-order valence-corrected chi connectivity index (χ2v) is 7.52. The Balaban J connectivity index is 2.38. The number of sulfonamides is 1. The SMILES string of the molecule is CC1(NC(=O)c2cc(S(N)(=O)=O)c(Cl)cc2Cl)CCC1. The summed E-state index contributed by atoms with van der Waals surface area (Å²) in [6, 6.07) is 2.32. The van der Waals surface area contributed by atoms with Crippen LogP contribution in [-0.4, -0.2) is 19.9 Å². The first-order valence-electron chi connectivity index (χ1n) is 5.97. The minimum absolute atomic E-state index is 0.0493. The predicted octanol–water partition coefficient (Wildman–Crippen LogP) is 2.31. The van der Waals surface area contributed by atoms with E-state index in [0.29, 0.717) is 0 Å². The van der Waals surface area contributed by atoms with Crippen molar-refractivity contribution in [1.29, 1.82) is 0 Å². The van der Waals surface area contributed by atoms with Crippen LogP contribution in [0, 0.1) is 0 Å². The molecule has 1 amide bonds. The molecule has 0 unspecified atom stereocenters. The number of nitrogens with one attached hydrogen (secondary N) is 1. The minimum atomic E-state index is -4.01. The highest BCUT2D eigenvalue weighted by Gasteiger charge is 2.34. The van der Waals surface area contributed by atoms with Crippen LogP contribution in [0.4, 0.5) is 0 Å². The van der Waals surface area contributed by atoms with Crippen molar-refractivity contribution in [2.45, 2.75) is 36.6 Å². The Hall–Kier alpha value is -0.820. The van der Waals surface area contributed by atoms with E-state index < -0.39 is 15.9 Å². The first-order valence-corrected chi connectivity index (χ1v) is 8.27. The molecule has 20 heavy (non-hydrogen) atoms. The molecule has 0 spiro atoms.